The van der Waals surface area contributed by atoms with E-state index >= 15 is 0 Å². The van der Waals surface area contributed by atoms with Crippen molar-refractivity contribution in [2.45, 2.75) is 32.3 Å². The van der Waals surface area contributed by atoms with Gasteiger partial charge in [-0.3, -0.25) is 0 Å². The van der Waals surface area contributed by atoms with Crippen LogP contribution < -0.4 is 5.32 Å². The molecule has 2 rings (SSSR count). The minimum absolute atomic E-state index is 0.104. The number of aliphatic hydroxyl groups excluding tert-OH is 1. The van der Waals surface area contributed by atoms with Gasteiger partial charge >= 0.3 is 0 Å². The molecule has 2 N–H and O–H groups in total. The van der Waals surface area contributed by atoms with Crippen LogP contribution in [0.4, 0.5) is 0 Å². The van der Waals surface area contributed by atoms with E-state index in [1.807, 2.05) is 0 Å². The maximum atomic E-state index is 12.3. The van der Waals surface area contributed by atoms with Gasteiger partial charge in [-0.2, -0.15) is 0 Å². The molecule has 6 heteroatoms. The first-order chi connectivity index (χ1) is 8.49. The summed E-state index contributed by atoms with van der Waals surface area (Å²) in [5, 5.41) is 12.8. The summed E-state index contributed by atoms with van der Waals surface area (Å²) >= 11 is 0. The lowest BCUT2D eigenvalue weighted by Gasteiger charge is -2.25. The van der Waals surface area contributed by atoms with Crippen LogP contribution in [0.15, 0.2) is 0 Å². The minimum Gasteiger partial charge on any atom is -0.393 e. The van der Waals surface area contributed by atoms with Gasteiger partial charge in [-0.1, -0.05) is 0 Å². The van der Waals surface area contributed by atoms with Gasteiger partial charge in [0.15, 0.2) is 0 Å². The van der Waals surface area contributed by atoms with Crippen molar-refractivity contribution in [2.75, 3.05) is 31.9 Å². The zero-order valence-electron chi connectivity index (χ0n) is 11.0. The molecule has 0 saturated carbocycles. The van der Waals surface area contributed by atoms with Crippen molar-refractivity contribution >= 4 is 10.0 Å². The number of rotatable bonds is 4. The summed E-state index contributed by atoms with van der Waals surface area (Å²) in [5.74, 6) is 0.677. The first-order valence-corrected chi connectivity index (χ1v) is 8.46. The molecule has 18 heavy (non-hydrogen) atoms. The molecule has 106 valence electrons. The van der Waals surface area contributed by atoms with E-state index in [1.54, 1.807) is 11.2 Å². The summed E-state index contributed by atoms with van der Waals surface area (Å²) < 4.78 is 26.2. The first kappa shape index (κ1) is 14.2. The fourth-order valence-electron chi connectivity index (χ4n) is 2.85. The van der Waals surface area contributed by atoms with Gasteiger partial charge < -0.3 is 10.4 Å². The molecule has 2 aliphatic rings. The average Bonchev–Trinajstić information content (AvgIpc) is 2.79. The summed E-state index contributed by atoms with van der Waals surface area (Å²) in [7, 11) is -3.13. The van der Waals surface area contributed by atoms with E-state index in [0.717, 1.165) is 32.4 Å². The number of aliphatic hydroxyl groups is 1. The maximum Gasteiger partial charge on any atom is 0.214 e. The van der Waals surface area contributed by atoms with Crippen LogP contribution in [0, 0.1) is 11.8 Å². The molecule has 2 aliphatic heterocycles. The highest BCUT2D eigenvalue weighted by Crippen LogP contribution is 2.24. The maximum absolute atomic E-state index is 12.3. The van der Waals surface area contributed by atoms with E-state index in [2.05, 4.69) is 5.32 Å². The zero-order valence-corrected chi connectivity index (χ0v) is 11.8. The highest BCUT2D eigenvalue weighted by molar-refractivity contribution is 7.89. The topological polar surface area (TPSA) is 69.6 Å². The predicted octanol–water partition coefficient (Wildman–Crippen LogP) is 0.0185. The molecule has 0 aliphatic carbocycles. The van der Waals surface area contributed by atoms with E-state index in [-0.39, 0.29) is 11.7 Å². The Bertz CT molecular complexity index is 364. The van der Waals surface area contributed by atoms with Gasteiger partial charge in [0.25, 0.3) is 0 Å². The minimum atomic E-state index is -3.13. The lowest BCUT2D eigenvalue weighted by Crippen LogP contribution is -2.37. The standard InChI is InChI=1S/C12H24N2O3S/c1-10(15)12-4-7-14(8-12)18(16,17)9-11-2-5-13-6-3-11/h10-13,15H,2-9H2,1H3. The number of hydrogen-bond donors (Lipinski definition) is 2. The monoisotopic (exact) mass is 276 g/mol. The molecule has 0 radical (unpaired) electrons. The smallest absolute Gasteiger partial charge is 0.214 e. The lowest BCUT2D eigenvalue weighted by atomic mass is 10.0. The summed E-state index contributed by atoms with van der Waals surface area (Å²) in [6.45, 7) is 4.66. The van der Waals surface area contributed by atoms with Crippen LogP contribution >= 0.6 is 0 Å². The average molecular weight is 276 g/mol. The SMILES string of the molecule is CC(O)C1CCN(S(=O)(=O)CC2CCNCC2)C1. The first-order valence-electron chi connectivity index (χ1n) is 6.85. The molecule has 0 bridgehead atoms. The van der Waals surface area contributed by atoms with E-state index in [1.165, 1.54) is 0 Å². The number of hydrogen-bond acceptors (Lipinski definition) is 4. The van der Waals surface area contributed by atoms with Crippen molar-refractivity contribution in [1.29, 1.82) is 0 Å². The van der Waals surface area contributed by atoms with Crippen molar-refractivity contribution in [2.24, 2.45) is 11.8 Å². The third-order valence-corrected chi connectivity index (χ3v) is 6.18. The molecular weight excluding hydrogens is 252 g/mol. The zero-order chi connectivity index (χ0) is 13.2. The molecule has 0 aromatic heterocycles. The second-order valence-corrected chi connectivity index (χ2v) is 7.63. The Hall–Kier alpha value is -0.170. The van der Waals surface area contributed by atoms with E-state index in [4.69, 9.17) is 0 Å². The van der Waals surface area contributed by atoms with E-state index in [9.17, 15) is 13.5 Å². The van der Waals surface area contributed by atoms with Gasteiger partial charge in [0.1, 0.15) is 0 Å². The Morgan fingerprint density at radius 1 is 1.33 bits per heavy atom. The molecule has 0 aromatic carbocycles. The second-order valence-electron chi connectivity index (χ2n) is 5.62. The summed E-state index contributed by atoms with van der Waals surface area (Å²) in [5.41, 5.74) is 0. The van der Waals surface area contributed by atoms with Crippen molar-refractivity contribution in [3.05, 3.63) is 0 Å². The number of nitrogens with one attached hydrogen (secondary N) is 1. The van der Waals surface area contributed by atoms with Crippen LogP contribution in [0.1, 0.15) is 26.2 Å². The number of piperidine rings is 1. The van der Waals surface area contributed by atoms with Crippen LogP contribution in [0.5, 0.6) is 0 Å². The third-order valence-electron chi connectivity index (χ3n) is 4.17. The van der Waals surface area contributed by atoms with Gasteiger partial charge in [-0.15, -0.1) is 0 Å². The molecule has 2 fully saturated rings. The predicted molar refractivity (Wildman–Crippen MR) is 70.7 cm³/mol. The lowest BCUT2D eigenvalue weighted by molar-refractivity contribution is 0.133. The van der Waals surface area contributed by atoms with Crippen molar-refractivity contribution in [1.82, 2.24) is 9.62 Å². The molecule has 2 atom stereocenters. The molecule has 0 spiro atoms. The normalized spacial score (nSPS) is 29.6. The van der Waals surface area contributed by atoms with E-state index in [0.29, 0.717) is 19.0 Å². The third kappa shape index (κ3) is 3.44. The fraction of sp³-hybridized carbons (Fsp3) is 1.00. The van der Waals surface area contributed by atoms with Gasteiger partial charge in [0, 0.05) is 13.1 Å². The van der Waals surface area contributed by atoms with Gasteiger partial charge in [-0.25, -0.2) is 12.7 Å². The number of nitrogens with zero attached hydrogens (tertiary/aromatic N) is 1. The van der Waals surface area contributed by atoms with Crippen molar-refractivity contribution in [3.8, 4) is 0 Å². The van der Waals surface area contributed by atoms with Crippen LogP contribution in [-0.2, 0) is 10.0 Å². The molecule has 0 aromatic rings. The Morgan fingerprint density at radius 3 is 2.56 bits per heavy atom. The Balaban J connectivity index is 1.90. The highest BCUT2D eigenvalue weighted by Gasteiger charge is 2.34. The Kier molecular flexibility index (Phi) is 4.64. The summed E-state index contributed by atoms with van der Waals surface area (Å²) in [4.78, 5) is 0. The van der Waals surface area contributed by atoms with Crippen LogP contribution in [-0.4, -0.2) is 55.9 Å². The Morgan fingerprint density at radius 2 is 2.00 bits per heavy atom. The summed E-state index contributed by atoms with van der Waals surface area (Å²) in [6, 6.07) is 0. The molecule has 2 heterocycles. The fourth-order valence-corrected chi connectivity index (χ4v) is 4.79. The summed E-state index contributed by atoms with van der Waals surface area (Å²) in [6.07, 6.45) is 2.27. The highest BCUT2D eigenvalue weighted by atomic mass is 32.2. The molecule has 2 saturated heterocycles. The van der Waals surface area contributed by atoms with Gasteiger partial charge in [0.05, 0.1) is 11.9 Å². The molecule has 2 unspecified atom stereocenters. The van der Waals surface area contributed by atoms with Crippen LogP contribution in [0.2, 0.25) is 0 Å². The molecular formula is C12H24N2O3S. The van der Waals surface area contributed by atoms with Gasteiger partial charge in [-0.05, 0) is 51.1 Å². The quantitative estimate of drug-likeness (QED) is 0.759. The van der Waals surface area contributed by atoms with Crippen LogP contribution in [0.3, 0.4) is 0 Å². The van der Waals surface area contributed by atoms with Crippen molar-refractivity contribution < 1.29 is 13.5 Å². The molecule has 0 amide bonds. The van der Waals surface area contributed by atoms with Crippen LogP contribution in [0.25, 0.3) is 0 Å². The molecule has 5 nitrogen and oxygen atoms in total. The van der Waals surface area contributed by atoms with Gasteiger partial charge in [0.2, 0.25) is 10.0 Å². The van der Waals surface area contributed by atoms with E-state index < -0.39 is 16.1 Å². The van der Waals surface area contributed by atoms with Crippen molar-refractivity contribution in [3.63, 3.8) is 0 Å². The Labute approximate surface area is 110 Å². The largest absolute Gasteiger partial charge is 0.393 e. The number of sulfonamides is 1. The second kappa shape index (κ2) is 5.86.